The number of hydrogen-bond donors (Lipinski definition) is 1. The van der Waals surface area contributed by atoms with E-state index in [1.807, 2.05) is 12.3 Å². The molecule has 2 aromatic heterocycles. The van der Waals surface area contributed by atoms with E-state index < -0.39 is 0 Å². The van der Waals surface area contributed by atoms with E-state index in [1.54, 1.807) is 21.8 Å². The molecule has 0 unspecified atom stereocenters. The van der Waals surface area contributed by atoms with E-state index in [2.05, 4.69) is 12.2 Å². The number of thiazole rings is 1. The Morgan fingerprint density at radius 1 is 1.28 bits per heavy atom. The van der Waals surface area contributed by atoms with Crippen molar-refractivity contribution in [1.29, 1.82) is 0 Å². The normalized spacial score (nSPS) is 34.7. The van der Waals surface area contributed by atoms with Crippen LogP contribution in [0.15, 0.2) is 16.2 Å². The summed E-state index contributed by atoms with van der Waals surface area (Å²) in [6.45, 7) is 5.03. The first-order valence-electron chi connectivity index (χ1n) is 9.72. The predicted octanol–water partition coefficient (Wildman–Crippen LogP) is 3.76. The molecule has 6 rings (SSSR count). The average Bonchev–Trinajstić information content (AvgIpc) is 2.93. The molecule has 25 heavy (non-hydrogen) atoms. The van der Waals surface area contributed by atoms with Crippen molar-refractivity contribution in [2.45, 2.75) is 65.0 Å². The van der Waals surface area contributed by atoms with Gasteiger partial charge in [0.1, 0.15) is 0 Å². The SMILES string of the molecule is Cc1csc2nc(CN[C@@H](C)C34CC5CC(CC(C5)C3)C4)cc(=O)n12. The third-order valence-corrected chi connectivity index (χ3v) is 8.17. The summed E-state index contributed by atoms with van der Waals surface area (Å²) in [5.74, 6) is 2.93. The third kappa shape index (κ3) is 2.58. The van der Waals surface area contributed by atoms with Crippen molar-refractivity contribution in [3.05, 3.63) is 33.2 Å². The monoisotopic (exact) mass is 357 g/mol. The molecular formula is C20H27N3OS. The minimum atomic E-state index is 0.0445. The number of nitrogens with one attached hydrogen (secondary N) is 1. The van der Waals surface area contributed by atoms with Gasteiger partial charge in [-0.25, -0.2) is 4.98 Å². The van der Waals surface area contributed by atoms with Gasteiger partial charge in [-0.1, -0.05) is 0 Å². The lowest BCUT2D eigenvalue weighted by atomic mass is 9.48. The van der Waals surface area contributed by atoms with E-state index in [9.17, 15) is 4.79 Å². The molecule has 0 radical (unpaired) electrons. The molecule has 4 fully saturated rings. The van der Waals surface area contributed by atoms with Gasteiger partial charge in [0, 0.05) is 29.7 Å². The summed E-state index contributed by atoms with van der Waals surface area (Å²) in [5.41, 5.74) is 2.39. The van der Waals surface area contributed by atoms with Gasteiger partial charge in [-0.05, 0) is 75.5 Å². The van der Waals surface area contributed by atoms with Crippen molar-refractivity contribution in [3.8, 4) is 0 Å². The molecule has 4 aliphatic carbocycles. The van der Waals surface area contributed by atoms with Crippen LogP contribution in [-0.4, -0.2) is 15.4 Å². The molecule has 134 valence electrons. The molecule has 4 saturated carbocycles. The zero-order valence-electron chi connectivity index (χ0n) is 15.1. The van der Waals surface area contributed by atoms with E-state index in [0.717, 1.165) is 34.1 Å². The van der Waals surface area contributed by atoms with Crippen LogP contribution in [-0.2, 0) is 6.54 Å². The molecular weight excluding hydrogens is 330 g/mol. The van der Waals surface area contributed by atoms with Crippen molar-refractivity contribution >= 4 is 16.3 Å². The number of rotatable bonds is 4. The van der Waals surface area contributed by atoms with Crippen molar-refractivity contribution < 1.29 is 0 Å². The number of aryl methyl sites for hydroxylation is 1. The summed E-state index contributed by atoms with van der Waals surface area (Å²) in [7, 11) is 0. The zero-order chi connectivity index (χ0) is 17.2. The van der Waals surface area contributed by atoms with Crippen molar-refractivity contribution in [3.63, 3.8) is 0 Å². The van der Waals surface area contributed by atoms with Crippen LogP contribution in [0.5, 0.6) is 0 Å². The number of nitrogens with zero attached hydrogens (tertiary/aromatic N) is 2. The van der Waals surface area contributed by atoms with Crippen LogP contribution in [0.3, 0.4) is 0 Å². The summed E-state index contributed by atoms with van der Waals surface area (Å²) < 4.78 is 1.71. The predicted molar refractivity (Wildman–Crippen MR) is 101 cm³/mol. The molecule has 0 saturated heterocycles. The van der Waals surface area contributed by atoms with Crippen molar-refractivity contribution in [2.24, 2.45) is 23.2 Å². The second-order valence-electron chi connectivity index (χ2n) is 8.96. The Balaban J connectivity index is 1.34. The van der Waals surface area contributed by atoms with Crippen LogP contribution >= 0.6 is 11.3 Å². The molecule has 5 heteroatoms. The van der Waals surface area contributed by atoms with Gasteiger partial charge in [0.15, 0.2) is 4.96 Å². The number of fused-ring (bicyclic) bond motifs is 1. The van der Waals surface area contributed by atoms with Crippen LogP contribution in [0, 0.1) is 30.1 Å². The molecule has 1 atom stereocenters. The third-order valence-electron chi connectivity index (χ3n) is 7.22. The first-order chi connectivity index (χ1) is 12.0. The second-order valence-corrected chi connectivity index (χ2v) is 9.80. The fraction of sp³-hybridized carbons (Fsp3) is 0.700. The van der Waals surface area contributed by atoms with Gasteiger partial charge in [-0.15, -0.1) is 11.3 Å². The van der Waals surface area contributed by atoms with Crippen LogP contribution in [0.25, 0.3) is 4.96 Å². The van der Waals surface area contributed by atoms with Crippen LogP contribution < -0.4 is 10.9 Å². The van der Waals surface area contributed by atoms with Crippen molar-refractivity contribution in [2.75, 3.05) is 0 Å². The topological polar surface area (TPSA) is 46.4 Å². The second kappa shape index (κ2) is 5.65. The van der Waals surface area contributed by atoms with Gasteiger partial charge in [0.05, 0.1) is 5.69 Å². The maximum atomic E-state index is 12.3. The first kappa shape index (κ1) is 16.0. The standard InChI is InChI=1S/C20H27N3OS/c1-12-11-25-19-22-17(6-18(24)23(12)19)10-21-13(2)20-7-14-3-15(8-20)5-16(4-14)9-20/h6,11,13-16,21H,3-5,7-10H2,1-2H3/t13-,14?,15?,16?,20?/m0/s1. The number of hydrogen-bond acceptors (Lipinski definition) is 4. The maximum Gasteiger partial charge on any atom is 0.259 e. The Bertz CT molecular complexity index is 832. The van der Waals surface area contributed by atoms with Gasteiger partial charge in [-0.2, -0.15) is 0 Å². The van der Waals surface area contributed by atoms with E-state index >= 15 is 0 Å². The average molecular weight is 358 g/mol. The summed E-state index contributed by atoms with van der Waals surface area (Å²) in [6, 6.07) is 2.21. The fourth-order valence-electron chi connectivity index (χ4n) is 6.37. The molecule has 2 heterocycles. The Kier molecular flexibility index (Phi) is 3.62. The Labute approximate surface area is 152 Å². The highest BCUT2D eigenvalue weighted by Gasteiger charge is 2.52. The van der Waals surface area contributed by atoms with Gasteiger partial charge >= 0.3 is 0 Å². The first-order valence-corrected chi connectivity index (χ1v) is 10.6. The van der Waals surface area contributed by atoms with Gasteiger partial charge < -0.3 is 5.32 Å². The number of aromatic nitrogens is 2. The summed E-state index contributed by atoms with van der Waals surface area (Å²) in [6.07, 6.45) is 8.68. The highest BCUT2D eigenvalue weighted by molar-refractivity contribution is 7.15. The quantitative estimate of drug-likeness (QED) is 0.906. The van der Waals surface area contributed by atoms with Crippen LogP contribution in [0.4, 0.5) is 0 Å². The summed E-state index contributed by atoms with van der Waals surface area (Å²) in [4.78, 5) is 17.9. The fourth-order valence-corrected chi connectivity index (χ4v) is 7.26. The lowest BCUT2D eigenvalue weighted by Gasteiger charge is -2.59. The van der Waals surface area contributed by atoms with E-state index in [0.29, 0.717) is 18.0 Å². The molecule has 4 aliphatic rings. The minimum Gasteiger partial charge on any atom is -0.308 e. The Morgan fingerprint density at radius 2 is 1.92 bits per heavy atom. The van der Waals surface area contributed by atoms with Gasteiger partial charge in [-0.3, -0.25) is 9.20 Å². The van der Waals surface area contributed by atoms with Crippen molar-refractivity contribution in [1.82, 2.24) is 14.7 Å². The van der Waals surface area contributed by atoms with Gasteiger partial charge in [0.2, 0.25) is 0 Å². The lowest BCUT2D eigenvalue weighted by molar-refractivity contribution is -0.0707. The van der Waals surface area contributed by atoms with Crippen LogP contribution in [0.1, 0.15) is 56.8 Å². The van der Waals surface area contributed by atoms with E-state index in [-0.39, 0.29) is 5.56 Å². The molecule has 4 nitrogen and oxygen atoms in total. The highest BCUT2D eigenvalue weighted by Crippen LogP contribution is 2.61. The maximum absolute atomic E-state index is 12.3. The molecule has 4 bridgehead atoms. The van der Waals surface area contributed by atoms with E-state index in [4.69, 9.17) is 4.98 Å². The molecule has 0 aliphatic heterocycles. The van der Waals surface area contributed by atoms with Crippen LogP contribution in [0.2, 0.25) is 0 Å². The largest absolute Gasteiger partial charge is 0.308 e. The molecule has 2 aromatic rings. The molecule has 1 N–H and O–H groups in total. The molecule has 0 spiro atoms. The van der Waals surface area contributed by atoms with Gasteiger partial charge in [0.25, 0.3) is 5.56 Å². The zero-order valence-corrected chi connectivity index (χ0v) is 15.9. The minimum absolute atomic E-state index is 0.0445. The van der Waals surface area contributed by atoms with E-state index in [1.165, 1.54) is 38.5 Å². The highest BCUT2D eigenvalue weighted by atomic mass is 32.1. The summed E-state index contributed by atoms with van der Waals surface area (Å²) in [5, 5.41) is 5.75. The molecule has 0 aromatic carbocycles. The molecule has 0 amide bonds. The lowest BCUT2D eigenvalue weighted by Crippen LogP contribution is -2.54. The Hall–Kier alpha value is -1.20. The smallest absolute Gasteiger partial charge is 0.259 e. The summed E-state index contributed by atoms with van der Waals surface area (Å²) >= 11 is 1.55. The Morgan fingerprint density at radius 3 is 2.56 bits per heavy atom.